The van der Waals surface area contributed by atoms with Gasteiger partial charge in [-0.25, -0.2) is 9.48 Å². The summed E-state index contributed by atoms with van der Waals surface area (Å²) in [6.45, 7) is 4.13. The number of rotatable bonds is 4. The number of aromatic carboxylic acids is 1. The van der Waals surface area contributed by atoms with E-state index in [2.05, 4.69) is 34.9 Å². The first-order valence-corrected chi connectivity index (χ1v) is 7.02. The topological polar surface area (TPSA) is 75.1 Å². The van der Waals surface area contributed by atoms with Crippen molar-refractivity contribution in [3.8, 4) is 5.69 Å². The number of benzene rings is 1. The van der Waals surface area contributed by atoms with Crippen LogP contribution in [-0.2, 0) is 6.42 Å². The Morgan fingerprint density at radius 3 is 2.75 bits per heavy atom. The van der Waals surface area contributed by atoms with Crippen LogP contribution in [0.2, 0.25) is 0 Å². The van der Waals surface area contributed by atoms with Crippen molar-refractivity contribution in [2.24, 2.45) is 5.92 Å². The van der Waals surface area contributed by atoms with Gasteiger partial charge in [0.15, 0.2) is 0 Å². The summed E-state index contributed by atoms with van der Waals surface area (Å²) in [7, 11) is 0. The van der Waals surface area contributed by atoms with Crippen molar-refractivity contribution in [1.29, 1.82) is 0 Å². The van der Waals surface area contributed by atoms with E-state index in [-0.39, 0.29) is 11.1 Å². The molecule has 0 spiro atoms. The molecule has 0 saturated carbocycles. The van der Waals surface area contributed by atoms with Crippen LogP contribution in [0.5, 0.6) is 0 Å². The summed E-state index contributed by atoms with van der Waals surface area (Å²) in [6, 6.07) is 6.26. The molecule has 2 aromatic rings. The van der Waals surface area contributed by atoms with Gasteiger partial charge in [-0.3, -0.25) is 9.89 Å². The maximum atomic E-state index is 12.2. The van der Waals surface area contributed by atoms with Crippen LogP contribution < -0.4 is 5.56 Å². The maximum Gasteiger partial charge on any atom is 0.335 e. The highest BCUT2D eigenvalue weighted by Crippen LogP contribution is 2.17. The smallest absolute Gasteiger partial charge is 0.335 e. The van der Waals surface area contributed by atoms with Gasteiger partial charge in [0.1, 0.15) is 4.47 Å². The van der Waals surface area contributed by atoms with E-state index >= 15 is 0 Å². The Morgan fingerprint density at radius 1 is 1.45 bits per heavy atom. The van der Waals surface area contributed by atoms with Gasteiger partial charge >= 0.3 is 5.97 Å². The minimum absolute atomic E-state index is 0.144. The Labute approximate surface area is 124 Å². The molecular weight excluding hydrogens is 324 g/mol. The molecule has 20 heavy (non-hydrogen) atoms. The number of carboxylic acid groups (broad SMARTS) is 1. The lowest BCUT2D eigenvalue weighted by atomic mass is 10.1. The van der Waals surface area contributed by atoms with Crippen LogP contribution in [0, 0.1) is 5.92 Å². The lowest BCUT2D eigenvalue weighted by Crippen LogP contribution is -2.15. The van der Waals surface area contributed by atoms with Gasteiger partial charge in [-0.05, 0) is 46.5 Å². The number of aromatic nitrogens is 2. The third-order valence-electron chi connectivity index (χ3n) is 2.87. The van der Waals surface area contributed by atoms with Crippen LogP contribution in [-0.4, -0.2) is 20.9 Å². The number of carbonyl (C=O) groups is 1. The minimum Gasteiger partial charge on any atom is -0.478 e. The van der Waals surface area contributed by atoms with Crippen LogP contribution in [0.1, 0.15) is 29.9 Å². The highest BCUT2D eigenvalue weighted by molar-refractivity contribution is 9.10. The molecule has 2 N–H and O–H groups in total. The molecule has 0 saturated heterocycles. The zero-order valence-corrected chi connectivity index (χ0v) is 12.8. The van der Waals surface area contributed by atoms with E-state index in [0.29, 0.717) is 16.1 Å². The summed E-state index contributed by atoms with van der Waals surface area (Å²) in [4.78, 5) is 23.2. The number of H-pyrrole nitrogens is 1. The minimum atomic E-state index is -1.02. The van der Waals surface area contributed by atoms with Crippen LogP contribution in [0.25, 0.3) is 5.69 Å². The lowest BCUT2D eigenvalue weighted by Gasteiger charge is -2.04. The molecule has 5 nitrogen and oxygen atoms in total. The molecule has 0 aliphatic carbocycles. The number of carboxylic acids is 1. The fourth-order valence-corrected chi connectivity index (χ4v) is 2.39. The number of nitrogens with one attached hydrogen (secondary N) is 1. The Morgan fingerprint density at radius 2 is 2.15 bits per heavy atom. The largest absolute Gasteiger partial charge is 0.478 e. The molecule has 6 heteroatoms. The molecule has 1 aromatic carbocycles. The van der Waals surface area contributed by atoms with E-state index in [1.807, 2.05) is 0 Å². The number of hydrogen-bond donors (Lipinski definition) is 2. The summed E-state index contributed by atoms with van der Waals surface area (Å²) in [5, 5.41) is 12.0. The van der Waals surface area contributed by atoms with Gasteiger partial charge in [0.25, 0.3) is 5.56 Å². The molecule has 0 unspecified atom stereocenters. The second kappa shape index (κ2) is 5.66. The van der Waals surface area contributed by atoms with Crippen molar-refractivity contribution in [2.75, 3.05) is 0 Å². The fraction of sp³-hybridized carbons (Fsp3) is 0.286. The van der Waals surface area contributed by atoms with Gasteiger partial charge in [-0.2, -0.15) is 0 Å². The predicted octanol–water partition coefficient (Wildman–Crippen LogP) is 2.82. The molecule has 0 aliphatic heterocycles. The molecule has 0 aliphatic rings. The second-order valence-corrected chi connectivity index (χ2v) is 5.79. The van der Waals surface area contributed by atoms with Crippen molar-refractivity contribution < 1.29 is 9.90 Å². The van der Waals surface area contributed by atoms with Crippen molar-refractivity contribution in [1.82, 2.24) is 9.78 Å². The third-order valence-corrected chi connectivity index (χ3v) is 3.68. The quantitative estimate of drug-likeness (QED) is 0.899. The van der Waals surface area contributed by atoms with Crippen molar-refractivity contribution in [3.63, 3.8) is 0 Å². The van der Waals surface area contributed by atoms with Crippen LogP contribution in [0.4, 0.5) is 0 Å². The predicted molar refractivity (Wildman–Crippen MR) is 79.6 cm³/mol. The van der Waals surface area contributed by atoms with Crippen molar-refractivity contribution in [2.45, 2.75) is 20.3 Å². The normalized spacial score (nSPS) is 11.0. The number of aromatic amines is 1. The molecule has 1 aromatic heterocycles. The van der Waals surface area contributed by atoms with Gasteiger partial charge < -0.3 is 5.11 Å². The van der Waals surface area contributed by atoms with Crippen LogP contribution in [0.15, 0.2) is 33.5 Å². The van der Waals surface area contributed by atoms with Crippen molar-refractivity contribution in [3.05, 3.63) is 50.3 Å². The van der Waals surface area contributed by atoms with Gasteiger partial charge in [-0.15, -0.1) is 0 Å². The van der Waals surface area contributed by atoms with E-state index in [1.54, 1.807) is 12.1 Å². The maximum absolute atomic E-state index is 12.2. The highest BCUT2D eigenvalue weighted by Gasteiger charge is 2.14. The molecule has 0 amide bonds. The zero-order valence-electron chi connectivity index (χ0n) is 11.2. The molecule has 2 rings (SSSR count). The monoisotopic (exact) mass is 338 g/mol. The average Bonchev–Trinajstić information content (AvgIpc) is 2.67. The highest BCUT2D eigenvalue weighted by atomic mass is 79.9. The van der Waals surface area contributed by atoms with Gasteiger partial charge in [0, 0.05) is 0 Å². The molecule has 106 valence electrons. The number of hydrogen-bond acceptors (Lipinski definition) is 2. The molecule has 0 atom stereocenters. The van der Waals surface area contributed by atoms with E-state index in [9.17, 15) is 9.59 Å². The standard InChI is InChI=1S/C14H15BrN2O3/c1-8(2)6-11-12(15)13(18)17(16-11)10-5-3-4-9(7-10)14(19)20/h3-5,7-8,16H,6H2,1-2H3,(H,19,20). The Bertz CT molecular complexity index is 701. The summed E-state index contributed by atoms with van der Waals surface area (Å²) < 4.78 is 1.85. The fourth-order valence-electron chi connectivity index (χ4n) is 1.97. The molecular formula is C14H15BrN2O3. The molecule has 0 radical (unpaired) electrons. The van der Waals surface area contributed by atoms with Gasteiger partial charge in [0.05, 0.1) is 16.9 Å². The van der Waals surface area contributed by atoms with Gasteiger partial charge in [0.2, 0.25) is 0 Å². The van der Waals surface area contributed by atoms with Crippen LogP contribution in [0.3, 0.4) is 0 Å². The van der Waals surface area contributed by atoms with Crippen LogP contribution >= 0.6 is 15.9 Å². The lowest BCUT2D eigenvalue weighted by molar-refractivity contribution is 0.0697. The Hall–Kier alpha value is -1.82. The first-order chi connectivity index (χ1) is 9.40. The second-order valence-electron chi connectivity index (χ2n) is 5.00. The molecule has 1 heterocycles. The number of nitrogens with zero attached hydrogens (tertiary/aromatic N) is 1. The summed E-state index contributed by atoms with van der Waals surface area (Å²) in [5.74, 6) is -0.615. The first kappa shape index (κ1) is 14.6. The average molecular weight is 339 g/mol. The molecule has 0 fully saturated rings. The van der Waals surface area contributed by atoms with Gasteiger partial charge in [-0.1, -0.05) is 19.9 Å². The summed E-state index contributed by atoms with van der Waals surface area (Å²) in [6.07, 6.45) is 0.738. The van der Waals surface area contributed by atoms with E-state index in [4.69, 9.17) is 5.11 Å². The van der Waals surface area contributed by atoms with E-state index in [1.165, 1.54) is 16.8 Å². The Balaban J connectivity index is 2.50. The molecule has 0 bridgehead atoms. The van der Waals surface area contributed by atoms with E-state index < -0.39 is 5.97 Å². The first-order valence-electron chi connectivity index (χ1n) is 6.23. The SMILES string of the molecule is CC(C)Cc1[nH]n(-c2cccc(C(=O)O)c2)c(=O)c1Br. The third kappa shape index (κ3) is 2.85. The number of halogens is 1. The van der Waals surface area contributed by atoms with Crippen molar-refractivity contribution >= 4 is 21.9 Å². The summed E-state index contributed by atoms with van der Waals surface area (Å²) in [5.41, 5.74) is 1.24. The summed E-state index contributed by atoms with van der Waals surface area (Å²) >= 11 is 3.29. The Kier molecular flexibility index (Phi) is 4.13. The van der Waals surface area contributed by atoms with E-state index in [0.717, 1.165) is 12.1 Å². The zero-order chi connectivity index (χ0) is 14.9.